The van der Waals surface area contributed by atoms with Crippen molar-refractivity contribution in [2.45, 2.75) is 77.9 Å². The molecule has 0 aliphatic carbocycles. The van der Waals surface area contributed by atoms with Crippen molar-refractivity contribution in [1.82, 2.24) is 46.9 Å². The van der Waals surface area contributed by atoms with Crippen LogP contribution in [0.4, 0.5) is 14.4 Å². The number of methoxy groups -OCH3 is 1. The Hall–Kier alpha value is -9.98. The molecule has 3 aromatic heterocycles. The number of aryl methyl sites for hydroxylation is 3. The van der Waals surface area contributed by atoms with Gasteiger partial charge in [-0.1, -0.05) is 86.8 Å². The van der Waals surface area contributed by atoms with E-state index in [1.807, 2.05) is 110 Å². The Kier molecular flexibility index (Phi) is 47.6. The normalized spacial score (nSPS) is 13.8. The fourth-order valence-electron chi connectivity index (χ4n) is 8.04. The molecule has 0 bridgehead atoms. The number of aliphatic imine (C=N–C) groups is 3. The monoisotopic (exact) mass is 1510 g/mol. The van der Waals surface area contributed by atoms with Gasteiger partial charge in [-0.3, -0.25) is 86.2 Å². The third kappa shape index (κ3) is 41.8. The number of thioether (sulfide) groups is 3. The molecule has 6 amide bonds. The summed E-state index contributed by atoms with van der Waals surface area (Å²) in [5.41, 5.74) is 39.1. The number of aromatic nitrogens is 3. The predicted octanol–water partition coefficient (Wildman–Crippen LogP) is 2.54. The Morgan fingerprint density at radius 2 is 0.990 bits per heavy atom. The summed E-state index contributed by atoms with van der Waals surface area (Å²) in [6, 6.07) is 35.1. The number of imide groups is 3. The van der Waals surface area contributed by atoms with Crippen LogP contribution in [0, 0.1) is 16.2 Å². The van der Waals surface area contributed by atoms with Crippen LogP contribution in [0.15, 0.2) is 148 Å². The SMILES string of the molecule is CCN=C(N)NC(=N)N.CCc1ccc(CCOc2ccc(/C=C3\SC(=O)NC3=O)cc2)nc1.CCc1ccc(CCOc2ccc(CC3SC(=O)NC3=O)cc2)nc1.CCc1ccc(CCOc2ccc(OC)cc2)nc1.CNCC(N)=NC(=N)N.CNCC(N)=NC(=N)N.O=C1CSC(=O)N1.[Na+].[OH-]. The Bertz CT molecular complexity index is 3710. The van der Waals surface area contributed by atoms with Crippen molar-refractivity contribution in [3.63, 3.8) is 0 Å². The molecule has 36 heteroatoms. The molecule has 6 aromatic rings. The van der Waals surface area contributed by atoms with Crippen molar-refractivity contribution < 1.29 is 82.7 Å². The molecule has 0 radical (unpaired) electrons. The first-order valence-electron chi connectivity index (χ1n) is 32.2. The average Bonchev–Trinajstić information content (AvgIpc) is 1.78. The van der Waals surface area contributed by atoms with Gasteiger partial charge in [0.15, 0.2) is 11.9 Å². The van der Waals surface area contributed by atoms with Crippen LogP contribution in [0.25, 0.3) is 6.08 Å². The quantitative estimate of drug-likeness (QED) is 0.0179. The maximum atomic E-state index is 11.6. The van der Waals surface area contributed by atoms with Crippen LogP contribution in [-0.4, -0.2) is 161 Å². The van der Waals surface area contributed by atoms with E-state index in [9.17, 15) is 28.8 Å². The molecule has 3 aliphatic heterocycles. The number of ether oxygens (including phenoxy) is 4. The molecule has 560 valence electrons. The number of pyridine rings is 3. The maximum absolute atomic E-state index is 11.6. The van der Waals surface area contributed by atoms with Gasteiger partial charge in [-0.15, -0.1) is 0 Å². The minimum Gasteiger partial charge on any atom is -0.870 e. The average molecular weight is 1510 g/mol. The molecule has 6 heterocycles. The Morgan fingerprint density at radius 1 is 0.571 bits per heavy atom. The fourth-order valence-corrected chi connectivity index (χ4v) is 10.1. The molecule has 22 N–H and O–H groups in total. The van der Waals surface area contributed by atoms with Gasteiger partial charge in [-0.25, -0.2) is 0 Å². The van der Waals surface area contributed by atoms with Gasteiger partial charge in [-0.05, 0) is 159 Å². The van der Waals surface area contributed by atoms with Gasteiger partial charge in [0.1, 0.15) is 34.7 Å². The number of hydrogen-bond acceptors (Lipinski definition) is 23. The van der Waals surface area contributed by atoms with Gasteiger partial charge < -0.3 is 69.5 Å². The van der Waals surface area contributed by atoms with Gasteiger partial charge in [0, 0.05) is 61.5 Å². The van der Waals surface area contributed by atoms with Crippen molar-refractivity contribution >= 4 is 110 Å². The van der Waals surface area contributed by atoms with Gasteiger partial charge in [0.05, 0.1) is 55.9 Å². The number of nitrogens with one attached hydrogen (secondary N) is 9. The minimum atomic E-state index is -0.350. The summed E-state index contributed by atoms with van der Waals surface area (Å²) in [6.07, 6.45) is 13.3. The van der Waals surface area contributed by atoms with Crippen LogP contribution in [0.1, 0.15) is 72.6 Å². The third-order valence-corrected chi connectivity index (χ3v) is 15.7. The molecule has 3 fully saturated rings. The number of hydrogen-bond donors (Lipinski definition) is 15. The third-order valence-electron chi connectivity index (χ3n) is 13.2. The second-order valence-electron chi connectivity index (χ2n) is 21.2. The van der Waals surface area contributed by atoms with Gasteiger partial charge in [0.25, 0.3) is 21.6 Å². The van der Waals surface area contributed by atoms with Crippen LogP contribution < -0.4 is 115 Å². The second kappa shape index (κ2) is 53.8. The summed E-state index contributed by atoms with van der Waals surface area (Å²) >= 11 is 2.96. The first kappa shape index (κ1) is 93.0. The summed E-state index contributed by atoms with van der Waals surface area (Å²) < 4.78 is 22.3. The van der Waals surface area contributed by atoms with E-state index in [0.717, 1.165) is 125 Å². The molecule has 0 spiro atoms. The molecule has 3 aliphatic rings. The van der Waals surface area contributed by atoms with Gasteiger partial charge in [-0.2, -0.15) is 9.98 Å². The smallest absolute Gasteiger partial charge is 0.870 e. The molecule has 105 heavy (non-hydrogen) atoms. The van der Waals surface area contributed by atoms with E-state index in [-0.39, 0.29) is 97.6 Å². The molecular weight excluding hydrogens is 1420 g/mol. The topological polar surface area (TPSA) is 545 Å². The fraction of sp³-hybridized carbons (Fsp3) is 0.319. The van der Waals surface area contributed by atoms with E-state index in [4.69, 9.17) is 69.6 Å². The predicted molar refractivity (Wildman–Crippen MR) is 412 cm³/mol. The number of benzene rings is 3. The summed E-state index contributed by atoms with van der Waals surface area (Å²) in [5.74, 6) is 2.90. The molecular formula is C69H94N21NaO11S3. The molecule has 0 saturated carbocycles. The van der Waals surface area contributed by atoms with Crippen molar-refractivity contribution in [3.05, 3.63) is 178 Å². The number of guanidine groups is 4. The van der Waals surface area contributed by atoms with Crippen LogP contribution in [0.3, 0.4) is 0 Å². The molecule has 32 nitrogen and oxygen atoms in total. The van der Waals surface area contributed by atoms with E-state index < -0.39 is 0 Å². The molecule has 3 aromatic carbocycles. The zero-order chi connectivity index (χ0) is 75.9. The number of amidine groups is 2. The number of carbonyl (C=O) groups is 6. The number of carbonyl (C=O) groups excluding carboxylic acids is 6. The summed E-state index contributed by atoms with van der Waals surface area (Å²) in [5, 5.41) is 33.4. The number of nitrogens with zero attached hydrogens (tertiary/aromatic N) is 6. The van der Waals surface area contributed by atoms with E-state index in [1.165, 1.54) is 16.7 Å². The largest absolute Gasteiger partial charge is 1.00 e. The van der Waals surface area contributed by atoms with E-state index >= 15 is 0 Å². The van der Waals surface area contributed by atoms with Crippen LogP contribution in [0.2, 0.25) is 0 Å². The van der Waals surface area contributed by atoms with E-state index in [2.05, 4.69) is 107 Å². The standard InChI is InChI=1S/C19H20N2O3S.C19H18N2O3S.C16H19NO2.3C4H11N5.C3H3NO2S.Na.H2O/c2*1-2-13-3-6-15(20-12-13)9-10-24-16-7-4-14(5-8-16)11-17-18(22)21-19(23)25-17;1-3-13-4-5-14(17-12-13)10-11-19-16-8-6-15(18-2)7-9-16;2*1-8-2-3(5)9-4(6)7;1-2-8-4(7)9-3(5)6;5-2-1-7-3(6)4-2;;/h3-8,12,17H,2,9-11H2,1H3,(H,21,22,23);3-8,11-12H,2,9-10H2,1H3,(H,21,22,23);4-9,12H,3,10-11H2,1-2H3;2*8H,2H2,1H3,(H5,5,6,7,9);2H2,1H3,(H6,5,6,7,8,9);1H2,(H,4,5,6);;1H2/q;;;;;;;+1;/p-1/b;17-11-;;;;;;;. The van der Waals surface area contributed by atoms with Crippen molar-refractivity contribution in [3.8, 4) is 23.0 Å². The molecule has 1 unspecified atom stereocenters. The number of rotatable bonds is 24. The van der Waals surface area contributed by atoms with Crippen molar-refractivity contribution in [1.29, 1.82) is 16.2 Å². The van der Waals surface area contributed by atoms with E-state index in [0.29, 0.717) is 68.2 Å². The van der Waals surface area contributed by atoms with Crippen LogP contribution in [-0.2, 0) is 59.3 Å². The first-order chi connectivity index (χ1) is 49.4. The number of nitrogens with two attached hydrogens (primary N) is 6. The van der Waals surface area contributed by atoms with Crippen LogP contribution in [0.5, 0.6) is 23.0 Å². The summed E-state index contributed by atoms with van der Waals surface area (Å²) in [6.45, 7) is 11.4. The summed E-state index contributed by atoms with van der Waals surface area (Å²) in [7, 11) is 5.13. The van der Waals surface area contributed by atoms with Gasteiger partial charge >= 0.3 is 29.6 Å². The molecule has 1 atom stereocenters. The van der Waals surface area contributed by atoms with Crippen molar-refractivity contribution in [2.75, 3.05) is 66.4 Å². The number of amides is 6. The zero-order valence-corrected chi connectivity index (χ0v) is 64.5. The van der Waals surface area contributed by atoms with Crippen molar-refractivity contribution in [2.24, 2.45) is 49.4 Å². The maximum Gasteiger partial charge on any atom is 1.00 e. The van der Waals surface area contributed by atoms with E-state index in [1.54, 1.807) is 27.3 Å². The molecule has 3 saturated heterocycles. The molecule has 9 rings (SSSR count). The Labute approximate surface area is 646 Å². The Morgan fingerprint density at radius 3 is 1.30 bits per heavy atom. The second-order valence-corrected chi connectivity index (χ2v) is 24.4. The minimum absolute atomic E-state index is 0. The number of likely N-dealkylation sites (N-methyl/N-ethyl adjacent to an activating group) is 2. The Balaban J connectivity index is 0.000000645. The van der Waals surface area contributed by atoms with Crippen LogP contribution >= 0.6 is 35.3 Å². The van der Waals surface area contributed by atoms with Gasteiger partial charge in [0.2, 0.25) is 23.7 Å². The zero-order valence-electron chi connectivity index (χ0n) is 60.1. The summed E-state index contributed by atoms with van der Waals surface area (Å²) in [4.78, 5) is 89.9. The first-order valence-corrected chi connectivity index (χ1v) is 34.9.